The maximum atomic E-state index is 13.6. The number of thiophene rings is 1. The molecule has 0 saturated heterocycles. The van der Waals surface area contributed by atoms with E-state index in [-0.39, 0.29) is 25.9 Å². The van der Waals surface area contributed by atoms with Gasteiger partial charge in [0.1, 0.15) is 16.0 Å². The molecule has 0 aliphatic carbocycles. The smallest absolute Gasteiger partial charge is 0 e. The van der Waals surface area contributed by atoms with E-state index in [2.05, 4.69) is 162 Å². The fourth-order valence-corrected chi connectivity index (χ4v) is 11.9. The molecule has 64 heavy (non-hydrogen) atoms. The topological polar surface area (TPSA) is 56.7 Å². The molecule has 0 atom stereocenters. The number of benzene rings is 7. The molecule has 12 rings (SSSR count). The first-order valence-electron chi connectivity index (χ1n) is 21.2. The van der Waals surface area contributed by atoms with Gasteiger partial charge >= 0.3 is 104 Å². The van der Waals surface area contributed by atoms with Crippen molar-refractivity contribution in [2.75, 3.05) is 0 Å². The van der Waals surface area contributed by atoms with Gasteiger partial charge in [0, 0.05) is 58.8 Å². The van der Waals surface area contributed by atoms with Crippen molar-refractivity contribution >= 4 is 104 Å². The van der Waals surface area contributed by atoms with Crippen molar-refractivity contribution in [3.05, 3.63) is 175 Å². The molecule has 0 saturated carbocycles. The second-order valence-corrected chi connectivity index (χ2v) is 29.1. The Bertz CT molecular complexity index is 3740. The number of hydrogen-bond donors (Lipinski definition) is 0. The molecule has 12 aromatic rings. The van der Waals surface area contributed by atoms with E-state index in [9.17, 15) is 4.39 Å². The molecule has 0 aliphatic rings. The quantitative estimate of drug-likeness (QED) is 0.0979. The fraction of sp³-hybridized carbons (Fsp3) is 0.109. The van der Waals surface area contributed by atoms with Gasteiger partial charge in [0.2, 0.25) is 0 Å². The Morgan fingerprint density at radius 3 is 2.23 bits per heavy atom. The second-order valence-electron chi connectivity index (χ2n) is 17.4. The van der Waals surface area contributed by atoms with Gasteiger partial charge < -0.3 is 8.98 Å². The van der Waals surface area contributed by atoms with Gasteiger partial charge in [-0.2, -0.15) is 11.3 Å². The minimum atomic E-state index is -1.83. The third-order valence-electron chi connectivity index (χ3n) is 12.0. The van der Waals surface area contributed by atoms with Crippen LogP contribution in [-0.4, -0.2) is 32.8 Å². The summed E-state index contributed by atoms with van der Waals surface area (Å²) in [6.07, 6.45) is 1.88. The van der Waals surface area contributed by atoms with Crippen molar-refractivity contribution in [3.8, 4) is 28.3 Å². The molecular weight excluding hydrogens is 1050 g/mol. The van der Waals surface area contributed by atoms with E-state index in [1.165, 1.54) is 32.2 Å². The maximum absolute atomic E-state index is 13.6. The Hall–Kier alpha value is -6.03. The number of furan rings is 1. The summed E-state index contributed by atoms with van der Waals surface area (Å²) in [5.74, 6) is 7.95. The second kappa shape index (κ2) is 16.5. The molecule has 315 valence electrons. The first kappa shape index (κ1) is 42.0. The Morgan fingerprint density at radius 1 is 0.672 bits per heavy atom. The molecule has 0 bridgehead atoms. The zero-order valence-corrected chi connectivity index (χ0v) is 41.1. The van der Waals surface area contributed by atoms with Crippen molar-refractivity contribution in [2.24, 2.45) is 0 Å². The molecule has 1 radical (unpaired) electrons. The van der Waals surface area contributed by atoms with Gasteiger partial charge in [0.05, 0.1) is 22.4 Å². The number of para-hydroxylation sites is 2. The number of rotatable bonds is 5. The molecule has 5 heterocycles. The maximum Gasteiger partial charge on any atom is 0 e. The minimum Gasteiger partial charge on any atom is 0 e. The predicted molar refractivity (Wildman–Crippen MR) is 264 cm³/mol. The summed E-state index contributed by atoms with van der Waals surface area (Å²) < 4.78 is 24.7. The van der Waals surface area contributed by atoms with Gasteiger partial charge in [0.15, 0.2) is 0 Å². The standard InChI is InChI=1S/C41H26N3OS.C14H15FGeN.Ir/c1-23(2)25-16-18-29-30-19-17-27(22-37(30)45-36(29)21-25)44-35-13-6-5-12-34(35)42-40(44)32-11-7-10-31-33-20-26-15-14-24-8-3-4-9-28(24)38(26)43-41(33)46-39(31)32;1-16(2,3)11-8-9-14(17-10-11)12-6-4-5-7-13(12)15;/h3-10,12-23H,1-2H3;4-5,7-10H,1-3H3;/q2*-1;. The van der Waals surface area contributed by atoms with Crippen LogP contribution < -0.4 is 4.40 Å². The van der Waals surface area contributed by atoms with Crippen molar-refractivity contribution in [2.45, 2.75) is 37.0 Å². The summed E-state index contributed by atoms with van der Waals surface area (Å²) in [5.41, 5.74) is 9.14. The average molecular weight is 1090 g/mol. The Labute approximate surface area is 390 Å². The third-order valence-corrected chi connectivity index (χ3v) is 17.4. The summed E-state index contributed by atoms with van der Waals surface area (Å²) in [5, 5.41) is 8.10. The fourth-order valence-electron chi connectivity index (χ4n) is 8.56. The van der Waals surface area contributed by atoms with Crippen LogP contribution in [0.1, 0.15) is 25.3 Å². The van der Waals surface area contributed by atoms with Crippen LogP contribution in [0.2, 0.25) is 17.3 Å². The van der Waals surface area contributed by atoms with Crippen LogP contribution in [0.4, 0.5) is 4.39 Å². The van der Waals surface area contributed by atoms with Crippen molar-refractivity contribution < 1.29 is 28.9 Å². The molecule has 0 spiro atoms. The van der Waals surface area contributed by atoms with Gasteiger partial charge in [-0.1, -0.05) is 85.5 Å². The molecule has 5 aromatic heterocycles. The van der Waals surface area contributed by atoms with Crippen LogP contribution in [0.3, 0.4) is 0 Å². The third kappa shape index (κ3) is 7.32. The van der Waals surface area contributed by atoms with E-state index in [1.807, 2.05) is 24.4 Å². The molecular formula is C55H41FGeIrN4OS-2. The molecule has 0 unspecified atom stereocenters. The number of hydrogen-bond acceptors (Lipinski definition) is 5. The van der Waals surface area contributed by atoms with Crippen LogP contribution >= 0.6 is 11.3 Å². The van der Waals surface area contributed by atoms with E-state index in [0.29, 0.717) is 17.2 Å². The van der Waals surface area contributed by atoms with Gasteiger partial charge in [-0.25, -0.2) is 4.98 Å². The molecule has 0 amide bonds. The number of nitrogens with zero attached hydrogens (tertiary/aromatic N) is 4. The van der Waals surface area contributed by atoms with E-state index < -0.39 is 13.3 Å². The van der Waals surface area contributed by atoms with E-state index >= 15 is 0 Å². The van der Waals surface area contributed by atoms with Crippen LogP contribution in [-0.2, 0) is 20.1 Å². The molecule has 0 fully saturated rings. The van der Waals surface area contributed by atoms with Crippen molar-refractivity contribution in [3.63, 3.8) is 0 Å². The van der Waals surface area contributed by atoms with Gasteiger partial charge in [-0.3, -0.25) is 4.98 Å². The first-order chi connectivity index (χ1) is 30.6. The van der Waals surface area contributed by atoms with Crippen molar-refractivity contribution in [1.82, 2.24) is 19.5 Å². The summed E-state index contributed by atoms with van der Waals surface area (Å²) in [7, 11) is 0. The van der Waals surface area contributed by atoms with Crippen LogP contribution in [0.15, 0.2) is 156 Å². The van der Waals surface area contributed by atoms with Crippen molar-refractivity contribution in [1.29, 1.82) is 0 Å². The number of pyridine rings is 2. The molecule has 9 heteroatoms. The summed E-state index contributed by atoms with van der Waals surface area (Å²) in [6, 6.07) is 55.9. The van der Waals surface area contributed by atoms with E-state index in [4.69, 9.17) is 14.4 Å². The summed E-state index contributed by atoms with van der Waals surface area (Å²) in [6.45, 7) is 4.42. The average Bonchev–Trinajstić information content (AvgIpc) is 3.99. The van der Waals surface area contributed by atoms with Crippen LogP contribution in [0.5, 0.6) is 0 Å². The normalized spacial score (nSPS) is 11.9. The minimum absolute atomic E-state index is 0. The number of imidazole rings is 1. The Kier molecular flexibility index (Phi) is 10.8. The Balaban J connectivity index is 0.000000228. The van der Waals surface area contributed by atoms with E-state index in [1.54, 1.807) is 23.5 Å². The number of halogens is 1. The van der Waals surface area contributed by atoms with E-state index in [0.717, 1.165) is 75.9 Å². The van der Waals surface area contributed by atoms with Gasteiger partial charge in [0.25, 0.3) is 0 Å². The SMILES string of the molecule is CC(C)c1ccc2c(c1)oc1cc(-n3c(-c4[c-]ccc5c4sc4nc6c(ccc7ccccc76)cc45)nc4ccccc43)ccc12.[CH3][Ge]([CH3])([CH3])[c]1ccc(-c2[c-]cccc2F)nc1.[Ir]. The van der Waals surface area contributed by atoms with Gasteiger partial charge in [-0.15, -0.1) is 18.2 Å². The van der Waals surface area contributed by atoms with Crippen LogP contribution in [0.25, 0.3) is 103 Å². The zero-order chi connectivity index (χ0) is 43.0. The van der Waals surface area contributed by atoms with Gasteiger partial charge in [-0.05, 0) is 58.0 Å². The predicted octanol–water partition coefficient (Wildman–Crippen LogP) is 14.8. The number of fused-ring (bicyclic) bond motifs is 10. The largest absolute Gasteiger partial charge is 0 e. The summed E-state index contributed by atoms with van der Waals surface area (Å²) in [4.78, 5) is 15.8. The molecule has 0 aliphatic heterocycles. The first-order valence-corrected chi connectivity index (χ1v) is 29.4. The summed E-state index contributed by atoms with van der Waals surface area (Å²) >= 11 is -0.111. The molecule has 5 nitrogen and oxygen atoms in total. The van der Waals surface area contributed by atoms with Crippen LogP contribution in [0, 0.1) is 17.9 Å². The molecule has 0 N–H and O–H groups in total. The number of aromatic nitrogens is 4. The monoisotopic (exact) mass is 1090 g/mol. The zero-order valence-electron chi connectivity index (χ0n) is 35.8. The Morgan fingerprint density at radius 2 is 1.44 bits per heavy atom. The molecule has 7 aromatic carbocycles.